The summed E-state index contributed by atoms with van der Waals surface area (Å²) in [5, 5.41) is 0.245. The number of carbonyl (C=O) groups is 2. The van der Waals surface area contributed by atoms with Gasteiger partial charge < -0.3 is 4.98 Å². The average Bonchev–Trinajstić information content (AvgIpc) is 3.02. The molecule has 1 atom stereocenters. The first-order chi connectivity index (χ1) is 11.6. The first-order valence-corrected chi connectivity index (χ1v) is 8.28. The molecule has 0 unspecified atom stereocenters. The van der Waals surface area contributed by atoms with Crippen LogP contribution in [-0.4, -0.2) is 27.0 Å². The van der Waals surface area contributed by atoms with E-state index in [9.17, 15) is 9.59 Å². The van der Waals surface area contributed by atoms with Gasteiger partial charge in [-0.1, -0.05) is 42.1 Å². The van der Waals surface area contributed by atoms with Crippen molar-refractivity contribution in [3.63, 3.8) is 0 Å². The lowest BCUT2D eigenvalue weighted by Crippen LogP contribution is -2.44. The summed E-state index contributed by atoms with van der Waals surface area (Å²) in [7, 11) is 0. The summed E-state index contributed by atoms with van der Waals surface area (Å²) < 4.78 is 0. The summed E-state index contributed by atoms with van der Waals surface area (Å²) in [6.07, 6.45) is 0. The van der Waals surface area contributed by atoms with E-state index in [1.165, 1.54) is 11.8 Å². The van der Waals surface area contributed by atoms with Crippen molar-refractivity contribution < 1.29 is 9.59 Å². The normalized spacial score (nSPS) is 11.9. The van der Waals surface area contributed by atoms with E-state index in [2.05, 4.69) is 20.8 Å². The lowest BCUT2D eigenvalue weighted by atomic mass is 10.2. The van der Waals surface area contributed by atoms with Gasteiger partial charge in [-0.15, -0.1) is 0 Å². The van der Waals surface area contributed by atoms with Gasteiger partial charge in [0, 0.05) is 5.56 Å². The highest BCUT2D eigenvalue weighted by atomic mass is 32.2. The van der Waals surface area contributed by atoms with Crippen LogP contribution in [-0.2, 0) is 4.79 Å². The second-order valence-electron chi connectivity index (χ2n) is 5.13. The van der Waals surface area contributed by atoms with E-state index >= 15 is 0 Å². The number of hydrogen-bond donors (Lipinski definition) is 3. The molecule has 0 spiro atoms. The number of nitrogens with one attached hydrogen (secondary N) is 3. The highest BCUT2D eigenvalue weighted by molar-refractivity contribution is 8.00. The summed E-state index contributed by atoms with van der Waals surface area (Å²) in [5.74, 6) is -0.658. The third kappa shape index (κ3) is 3.75. The Morgan fingerprint density at radius 3 is 2.50 bits per heavy atom. The maximum absolute atomic E-state index is 12.1. The number of aromatic amines is 1. The molecule has 0 bridgehead atoms. The van der Waals surface area contributed by atoms with Gasteiger partial charge in [0.1, 0.15) is 0 Å². The van der Waals surface area contributed by atoms with Crippen molar-refractivity contribution in [3.8, 4) is 0 Å². The first kappa shape index (κ1) is 16.1. The monoisotopic (exact) mass is 340 g/mol. The molecule has 7 heteroatoms. The number of carbonyl (C=O) groups excluding carboxylic acids is 2. The fourth-order valence-electron chi connectivity index (χ4n) is 2.09. The van der Waals surface area contributed by atoms with Crippen LogP contribution in [0.15, 0.2) is 59.8 Å². The van der Waals surface area contributed by atoms with Gasteiger partial charge in [0.05, 0.1) is 16.3 Å². The molecular formula is C17H16N4O2S. The second-order valence-corrected chi connectivity index (χ2v) is 6.46. The van der Waals surface area contributed by atoms with Crippen LogP contribution in [0.3, 0.4) is 0 Å². The predicted molar refractivity (Wildman–Crippen MR) is 93.5 cm³/mol. The van der Waals surface area contributed by atoms with E-state index in [-0.39, 0.29) is 11.8 Å². The molecule has 1 aromatic heterocycles. The zero-order valence-corrected chi connectivity index (χ0v) is 13.8. The molecular weight excluding hydrogens is 324 g/mol. The van der Waals surface area contributed by atoms with Crippen molar-refractivity contribution in [2.24, 2.45) is 0 Å². The maximum atomic E-state index is 12.1. The van der Waals surface area contributed by atoms with E-state index in [1.54, 1.807) is 31.2 Å². The first-order valence-electron chi connectivity index (χ1n) is 7.40. The molecule has 0 radical (unpaired) electrons. The molecule has 0 aliphatic heterocycles. The van der Waals surface area contributed by atoms with E-state index in [1.807, 2.05) is 30.3 Å². The molecule has 0 fully saturated rings. The van der Waals surface area contributed by atoms with Crippen LogP contribution in [0.4, 0.5) is 0 Å². The van der Waals surface area contributed by atoms with Gasteiger partial charge in [-0.25, -0.2) is 4.98 Å². The third-order valence-electron chi connectivity index (χ3n) is 3.36. The lowest BCUT2D eigenvalue weighted by molar-refractivity contribution is -0.121. The van der Waals surface area contributed by atoms with Crippen LogP contribution in [0.2, 0.25) is 0 Å². The number of para-hydroxylation sites is 2. The quantitative estimate of drug-likeness (QED) is 0.503. The van der Waals surface area contributed by atoms with Crippen LogP contribution in [0, 0.1) is 0 Å². The predicted octanol–water partition coefficient (Wildman–Crippen LogP) is 2.50. The topological polar surface area (TPSA) is 86.9 Å². The number of benzene rings is 2. The van der Waals surface area contributed by atoms with Gasteiger partial charge in [-0.2, -0.15) is 0 Å². The number of amides is 2. The Labute approximate surface area is 143 Å². The molecule has 0 saturated carbocycles. The van der Waals surface area contributed by atoms with Crippen molar-refractivity contribution in [3.05, 3.63) is 60.2 Å². The highest BCUT2D eigenvalue weighted by Gasteiger charge is 2.17. The molecule has 6 nitrogen and oxygen atoms in total. The third-order valence-corrected chi connectivity index (χ3v) is 4.34. The Morgan fingerprint density at radius 2 is 1.75 bits per heavy atom. The zero-order valence-electron chi connectivity index (χ0n) is 12.9. The van der Waals surface area contributed by atoms with Crippen molar-refractivity contribution >= 4 is 34.6 Å². The molecule has 1 heterocycles. The Hall–Kier alpha value is -2.80. The van der Waals surface area contributed by atoms with E-state index in [0.717, 1.165) is 11.0 Å². The summed E-state index contributed by atoms with van der Waals surface area (Å²) in [5.41, 5.74) is 7.10. The number of hydrazine groups is 1. The minimum Gasteiger partial charge on any atom is -0.333 e. The molecule has 0 aliphatic rings. The summed E-state index contributed by atoms with van der Waals surface area (Å²) in [6.45, 7) is 1.75. The number of aromatic nitrogens is 2. The van der Waals surface area contributed by atoms with Crippen LogP contribution in [0.25, 0.3) is 11.0 Å². The Balaban J connectivity index is 1.55. The van der Waals surface area contributed by atoms with Crippen LogP contribution >= 0.6 is 11.8 Å². The lowest BCUT2D eigenvalue weighted by Gasteiger charge is -2.11. The average molecular weight is 340 g/mol. The smallest absolute Gasteiger partial charge is 0.269 e. The summed E-state index contributed by atoms with van der Waals surface area (Å²) in [4.78, 5) is 31.6. The molecule has 0 saturated heterocycles. The Kier molecular flexibility index (Phi) is 4.81. The molecule has 2 amide bonds. The van der Waals surface area contributed by atoms with Crippen LogP contribution < -0.4 is 10.9 Å². The number of thioether (sulfide) groups is 1. The molecule has 122 valence electrons. The zero-order chi connectivity index (χ0) is 16.9. The van der Waals surface area contributed by atoms with Gasteiger partial charge in [0.2, 0.25) is 0 Å². The highest BCUT2D eigenvalue weighted by Crippen LogP contribution is 2.23. The number of fused-ring (bicyclic) bond motifs is 1. The number of H-pyrrole nitrogens is 1. The fourth-order valence-corrected chi connectivity index (χ4v) is 2.91. The summed E-state index contributed by atoms with van der Waals surface area (Å²) in [6, 6.07) is 16.4. The maximum Gasteiger partial charge on any atom is 0.269 e. The van der Waals surface area contributed by atoms with Crippen LogP contribution in [0.5, 0.6) is 0 Å². The largest absolute Gasteiger partial charge is 0.333 e. The van der Waals surface area contributed by atoms with Crippen molar-refractivity contribution in [2.45, 2.75) is 17.3 Å². The molecule has 2 aromatic carbocycles. The standard InChI is InChI=1S/C17H16N4O2S/c1-11(24-17-18-13-9-5-6-10-14(13)19-17)15(22)20-21-16(23)12-7-3-2-4-8-12/h2-11H,1H3,(H,18,19)(H,20,22)(H,21,23)/t11-/m0/s1. The van der Waals surface area contributed by atoms with Gasteiger partial charge in [-0.05, 0) is 31.2 Å². The summed E-state index contributed by atoms with van der Waals surface area (Å²) >= 11 is 1.29. The molecule has 3 N–H and O–H groups in total. The van der Waals surface area contributed by atoms with Gasteiger partial charge in [0.15, 0.2) is 5.16 Å². The molecule has 3 rings (SSSR count). The van der Waals surface area contributed by atoms with Crippen molar-refractivity contribution in [1.82, 2.24) is 20.8 Å². The molecule has 24 heavy (non-hydrogen) atoms. The van der Waals surface area contributed by atoms with E-state index in [4.69, 9.17) is 0 Å². The minimum atomic E-state index is -0.415. The van der Waals surface area contributed by atoms with Gasteiger partial charge in [-0.3, -0.25) is 20.4 Å². The fraction of sp³-hybridized carbons (Fsp3) is 0.118. The second kappa shape index (κ2) is 7.18. The van der Waals surface area contributed by atoms with Crippen LogP contribution in [0.1, 0.15) is 17.3 Å². The Morgan fingerprint density at radius 1 is 1.04 bits per heavy atom. The van der Waals surface area contributed by atoms with E-state index in [0.29, 0.717) is 10.7 Å². The minimum absolute atomic E-state index is 0.301. The number of nitrogens with zero attached hydrogens (tertiary/aromatic N) is 1. The SMILES string of the molecule is C[C@H](Sc1nc2ccccc2[nH]1)C(=O)NNC(=O)c1ccccc1. The van der Waals surface area contributed by atoms with E-state index < -0.39 is 5.25 Å². The van der Waals surface area contributed by atoms with Crippen molar-refractivity contribution in [1.29, 1.82) is 0 Å². The number of hydrogen-bond acceptors (Lipinski definition) is 4. The molecule has 3 aromatic rings. The van der Waals surface area contributed by atoms with Gasteiger partial charge >= 0.3 is 0 Å². The number of imidazole rings is 1. The van der Waals surface area contributed by atoms with Gasteiger partial charge in [0.25, 0.3) is 11.8 Å². The number of rotatable bonds is 4. The molecule has 0 aliphatic carbocycles. The Bertz CT molecular complexity index is 830. The van der Waals surface area contributed by atoms with Crippen molar-refractivity contribution in [2.75, 3.05) is 0 Å².